The Morgan fingerprint density at radius 3 is 2.62 bits per heavy atom. The van der Waals surface area contributed by atoms with E-state index in [-0.39, 0.29) is 23.3 Å². The molecule has 0 aliphatic carbocycles. The summed E-state index contributed by atoms with van der Waals surface area (Å²) >= 11 is 6.17. The highest BCUT2D eigenvalue weighted by Gasteiger charge is 2.35. The maximum Gasteiger partial charge on any atom is 0.241 e. The van der Waals surface area contributed by atoms with Crippen LogP contribution in [0.3, 0.4) is 0 Å². The van der Waals surface area contributed by atoms with Crippen LogP contribution in [0.5, 0.6) is 5.75 Å². The first-order valence-corrected chi connectivity index (χ1v) is 11.5. The SMILES string of the molecule is Cc1ccc2c(c1)C(NC(=O)CN(c1ccccc1Cl)S(C)(=O)=O)CC(C)(C)O2. The molecule has 8 heteroatoms. The molecular formula is C21H25ClN2O4S. The normalized spacial score (nSPS) is 17.8. The summed E-state index contributed by atoms with van der Waals surface area (Å²) in [4.78, 5) is 12.9. The largest absolute Gasteiger partial charge is 0.487 e. The third-order valence-electron chi connectivity index (χ3n) is 4.77. The van der Waals surface area contributed by atoms with Gasteiger partial charge in [-0.2, -0.15) is 0 Å². The number of nitrogens with zero attached hydrogens (tertiary/aromatic N) is 1. The monoisotopic (exact) mass is 436 g/mol. The minimum absolute atomic E-state index is 0.263. The number of halogens is 1. The Morgan fingerprint density at radius 1 is 1.28 bits per heavy atom. The van der Waals surface area contributed by atoms with Gasteiger partial charge < -0.3 is 10.1 Å². The van der Waals surface area contributed by atoms with Gasteiger partial charge in [0.1, 0.15) is 17.9 Å². The fraction of sp³-hybridized carbons (Fsp3) is 0.381. The second-order valence-corrected chi connectivity index (χ2v) is 10.3. The highest BCUT2D eigenvalue weighted by atomic mass is 35.5. The van der Waals surface area contributed by atoms with Crippen LogP contribution in [0.25, 0.3) is 0 Å². The number of hydrogen-bond acceptors (Lipinski definition) is 4. The van der Waals surface area contributed by atoms with E-state index in [1.807, 2.05) is 39.0 Å². The highest BCUT2D eigenvalue weighted by molar-refractivity contribution is 7.92. The maximum atomic E-state index is 12.9. The van der Waals surface area contributed by atoms with E-state index in [9.17, 15) is 13.2 Å². The molecule has 1 unspecified atom stereocenters. The highest BCUT2D eigenvalue weighted by Crippen LogP contribution is 2.40. The van der Waals surface area contributed by atoms with Crippen LogP contribution in [-0.2, 0) is 14.8 Å². The number of fused-ring (bicyclic) bond motifs is 1. The quantitative estimate of drug-likeness (QED) is 0.772. The number of nitrogens with one attached hydrogen (secondary N) is 1. The van der Waals surface area contributed by atoms with Crippen LogP contribution in [0.4, 0.5) is 5.69 Å². The molecule has 1 heterocycles. The van der Waals surface area contributed by atoms with Crippen LogP contribution >= 0.6 is 11.6 Å². The Morgan fingerprint density at radius 2 is 1.97 bits per heavy atom. The standard InChI is InChI=1S/C21H25ClN2O4S/c1-14-9-10-19-15(11-14)17(12-21(2,3)28-19)23-20(25)13-24(29(4,26)27)18-8-6-5-7-16(18)22/h5-11,17H,12-13H2,1-4H3,(H,23,25). The van der Waals surface area contributed by atoms with E-state index in [1.54, 1.807) is 24.3 Å². The average Bonchev–Trinajstić information content (AvgIpc) is 2.59. The molecule has 0 fully saturated rings. The first kappa shape index (κ1) is 21.5. The van der Waals surface area contributed by atoms with Gasteiger partial charge in [-0.05, 0) is 39.0 Å². The van der Waals surface area contributed by atoms with E-state index in [0.29, 0.717) is 6.42 Å². The van der Waals surface area contributed by atoms with Crippen LogP contribution in [0.15, 0.2) is 42.5 Å². The smallest absolute Gasteiger partial charge is 0.241 e. The molecular weight excluding hydrogens is 412 g/mol. The van der Waals surface area contributed by atoms with Gasteiger partial charge in [0.25, 0.3) is 0 Å². The van der Waals surface area contributed by atoms with Gasteiger partial charge in [0.2, 0.25) is 15.9 Å². The van der Waals surface area contributed by atoms with E-state index in [2.05, 4.69) is 5.32 Å². The van der Waals surface area contributed by atoms with Crippen molar-refractivity contribution in [1.82, 2.24) is 5.32 Å². The molecule has 1 N–H and O–H groups in total. The molecule has 2 aromatic rings. The number of anilines is 1. The van der Waals surface area contributed by atoms with Crippen LogP contribution in [0.1, 0.15) is 37.4 Å². The number of aryl methyl sites for hydroxylation is 1. The number of rotatable bonds is 5. The van der Waals surface area contributed by atoms with Crippen molar-refractivity contribution in [3.05, 3.63) is 58.6 Å². The molecule has 0 saturated heterocycles. The Labute approximate surface area is 176 Å². The summed E-state index contributed by atoms with van der Waals surface area (Å²) in [5, 5.41) is 3.24. The number of sulfonamides is 1. The molecule has 156 valence electrons. The number of ether oxygens (including phenoxy) is 1. The lowest BCUT2D eigenvalue weighted by molar-refractivity contribution is -0.120. The van der Waals surface area contributed by atoms with Crippen LogP contribution in [0, 0.1) is 6.92 Å². The van der Waals surface area contributed by atoms with Crippen molar-refractivity contribution < 1.29 is 17.9 Å². The lowest BCUT2D eigenvalue weighted by Gasteiger charge is -2.38. The molecule has 1 atom stereocenters. The van der Waals surface area contributed by atoms with E-state index in [4.69, 9.17) is 16.3 Å². The summed E-state index contributed by atoms with van der Waals surface area (Å²) in [6, 6.07) is 12.1. The zero-order chi connectivity index (χ0) is 21.4. The van der Waals surface area contributed by atoms with Crippen molar-refractivity contribution in [2.45, 2.75) is 38.8 Å². The molecule has 0 aromatic heterocycles. The molecule has 1 amide bonds. The summed E-state index contributed by atoms with van der Waals surface area (Å²) < 4.78 is 31.7. The zero-order valence-electron chi connectivity index (χ0n) is 16.9. The molecule has 0 bridgehead atoms. The first-order chi connectivity index (χ1) is 13.5. The van der Waals surface area contributed by atoms with Crippen LogP contribution in [-0.4, -0.2) is 32.7 Å². The van der Waals surface area contributed by atoms with Crippen molar-refractivity contribution in [3.8, 4) is 5.75 Å². The van der Waals surface area contributed by atoms with Gasteiger partial charge in [-0.15, -0.1) is 0 Å². The van der Waals surface area contributed by atoms with Gasteiger partial charge in [-0.3, -0.25) is 9.10 Å². The molecule has 2 aromatic carbocycles. The van der Waals surface area contributed by atoms with E-state index < -0.39 is 21.5 Å². The lowest BCUT2D eigenvalue weighted by atomic mass is 9.89. The number of carbonyl (C=O) groups excluding carboxylic acids is 1. The number of carbonyl (C=O) groups is 1. The summed E-state index contributed by atoms with van der Waals surface area (Å²) in [7, 11) is -3.70. The number of hydrogen-bond donors (Lipinski definition) is 1. The van der Waals surface area contributed by atoms with E-state index >= 15 is 0 Å². The van der Waals surface area contributed by atoms with Gasteiger partial charge in [-0.25, -0.2) is 8.42 Å². The Kier molecular flexibility index (Phi) is 5.83. The topological polar surface area (TPSA) is 75.7 Å². The number of amides is 1. The van der Waals surface area contributed by atoms with Gasteiger partial charge >= 0.3 is 0 Å². The molecule has 0 spiro atoms. The third kappa shape index (κ3) is 5.03. The lowest BCUT2D eigenvalue weighted by Crippen LogP contribution is -2.45. The fourth-order valence-electron chi connectivity index (χ4n) is 3.51. The van der Waals surface area contributed by atoms with Crippen molar-refractivity contribution in [2.24, 2.45) is 0 Å². The average molecular weight is 437 g/mol. The van der Waals surface area contributed by atoms with E-state index in [0.717, 1.165) is 27.4 Å². The maximum absolute atomic E-state index is 12.9. The van der Waals surface area contributed by atoms with Crippen molar-refractivity contribution in [3.63, 3.8) is 0 Å². The zero-order valence-corrected chi connectivity index (χ0v) is 18.5. The predicted octanol–water partition coefficient (Wildman–Crippen LogP) is 3.83. The van der Waals surface area contributed by atoms with Crippen molar-refractivity contribution in [2.75, 3.05) is 17.1 Å². The summed E-state index contributed by atoms with van der Waals surface area (Å²) in [5.74, 6) is 0.314. The molecule has 0 radical (unpaired) electrons. The van der Waals surface area contributed by atoms with Gasteiger partial charge in [0, 0.05) is 12.0 Å². The van der Waals surface area contributed by atoms with Gasteiger partial charge in [-0.1, -0.05) is 41.4 Å². The number of para-hydroxylation sites is 1. The summed E-state index contributed by atoms with van der Waals surface area (Å²) in [6.45, 7) is 5.53. The summed E-state index contributed by atoms with van der Waals surface area (Å²) in [6.07, 6.45) is 1.62. The van der Waals surface area contributed by atoms with Crippen molar-refractivity contribution >= 4 is 33.2 Å². The Hall–Kier alpha value is -2.25. The molecule has 1 aliphatic rings. The minimum Gasteiger partial charge on any atom is -0.487 e. The Balaban J connectivity index is 1.86. The second kappa shape index (κ2) is 7.88. The minimum atomic E-state index is -3.70. The van der Waals surface area contributed by atoms with Gasteiger partial charge in [0.05, 0.1) is 23.0 Å². The summed E-state index contributed by atoms with van der Waals surface area (Å²) in [5.41, 5.74) is 1.76. The van der Waals surface area contributed by atoms with Crippen LogP contribution < -0.4 is 14.4 Å². The van der Waals surface area contributed by atoms with E-state index in [1.165, 1.54) is 0 Å². The fourth-order valence-corrected chi connectivity index (χ4v) is 4.66. The van der Waals surface area contributed by atoms with Gasteiger partial charge in [0.15, 0.2) is 0 Å². The molecule has 6 nitrogen and oxygen atoms in total. The molecule has 3 rings (SSSR count). The first-order valence-electron chi connectivity index (χ1n) is 9.27. The predicted molar refractivity (Wildman–Crippen MR) is 115 cm³/mol. The Bertz CT molecular complexity index is 1040. The van der Waals surface area contributed by atoms with Crippen molar-refractivity contribution in [1.29, 1.82) is 0 Å². The third-order valence-corrected chi connectivity index (χ3v) is 6.21. The number of benzene rings is 2. The molecule has 29 heavy (non-hydrogen) atoms. The van der Waals surface area contributed by atoms with Crippen LogP contribution in [0.2, 0.25) is 5.02 Å². The molecule has 1 aliphatic heterocycles. The second-order valence-electron chi connectivity index (χ2n) is 7.95. The molecule has 0 saturated carbocycles.